The molecule has 3 rings (SSSR count). The van der Waals surface area contributed by atoms with Crippen LogP contribution in [0.4, 0.5) is 8.78 Å². The second-order valence-corrected chi connectivity index (χ2v) is 12.3. The van der Waals surface area contributed by atoms with Gasteiger partial charge in [0.25, 0.3) is 0 Å². The average Bonchev–Trinajstić information content (AvgIpc) is 3.24. The van der Waals surface area contributed by atoms with Crippen molar-refractivity contribution in [1.29, 1.82) is 0 Å². The van der Waals surface area contributed by atoms with Crippen molar-refractivity contribution in [3.63, 3.8) is 0 Å². The van der Waals surface area contributed by atoms with Crippen LogP contribution in [-0.2, 0) is 4.57 Å². The quantitative estimate of drug-likeness (QED) is 0.231. The highest BCUT2D eigenvalue weighted by Crippen LogP contribution is 2.42. The summed E-state index contributed by atoms with van der Waals surface area (Å²) in [5, 5.41) is 21.6. The monoisotopic (exact) mass is 472 g/mol. The number of allylic oxidation sites excluding steroid dienone is 2. The highest BCUT2D eigenvalue weighted by Gasteiger charge is 2.41. The summed E-state index contributed by atoms with van der Waals surface area (Å²) in [4.78, 5) is 9.97. The highest BCUT2D eigenvalue weighted by molar-refractivity contribution is 7.57. The Labute approximate surface area is 186 Å². The largest absolute Gasteiger partial charge is 0.393 e. The van der Waals surface area contributed by atoms with E-state index in [9.17, 15) is 28.5 Å². The van der Waals surface area contributed by atoms with E-state index in [-0.39, 0.29) is 30.2 Å². The van der Waals surface area contributed by atoms with Crippen LogP contribution in [0.1, 0.15) is 49.5 Å². The van der Waals surface area contributed by atoms with E-state index in [4.69, 9.17) is 0 Å². The van der Waals surface area contributed by atoms with Crippen molar-refractivity contribution >= 4 is 28.8 Å². The second kappa shape index (κ2) is 10.7. The molecule has 6 atom stereocenters. The predicted octanol–water partition coefficient (Wildman–Crippen LogP) is 5.82. The lowest BCUT2D eigenvalue weighted by Crippen LogP contribution is -2.21. The first-order valence-electron chi connectivity index (χ1n) is 10.8. The molecule has 31 heavy (non-hydrogen) atoms. The van der Waals surface area contributed by atoms with Crippen LogP contribution in [0, 0.1) is 17.7 Å². The number of thiophene rings is 1. The molecule has 3 N–H and O–H groups in total. The maximum atomic E-state index is 14.6. The first kappa shape index (κ1) is 24.5. The van der Waals surface area contributed by atoms with Crippen LogP contribution in [0.25, 0.3) is 10.1 Å². The number of hydrogen-bond donors (Lipinski definition) is 3. The van der Waals surface area contributed by atoms with Gasteiger partial charge in [-0.25, -0.2) is 8.78 Å². The Hall–Kier alpha value is -1.11. The summed E-state index contributed by atoms with van der Waals surface area (Å²) >= 11 is 1.22. The Bertz CT molecular complexity index is 941. The summed E-state index contributed by atoms with van der Waals surface area (Å²) in [7, 11) is -2.99. The number of hydrogen-bond acceptors (Lipinski definition) is 4. The van der Waals surface area contributed by atoms with E-state index in [0.717, 1.165) is 5.39 Å². The van der Waals surface area contributed by atoms with Gasteiger partial charge in [0.2, 0.25) is 0 Å². The molecule has 8 heteroatoms. The van der Waals surface area contributed by atoms with Crippen LogP contribution in [0.3, 0.4) is 0 Å². The SMILES string of the molecule is CP(=O)(O)CCC/C=C\C[C@@H]1[C@@H](CC[C@H](O)c2cc3cccc(F)c3s2)[C@@H](F)C[C@@H]1O. The molecular weight excluding hydrogens is 441 g/mol. The van der Waals surface area contributed by atoms with Crippen LogP contribution in [0.15, 0.2) is 36.4 Å². The number of unbranched alkanes of at least 4 members (excludes halogenated alkanes) is 1. The van der Waals surface area contributed by atoms with Gasteiger partial charge >= 0.3 is 0 Å². The van der Waals surface area contributed by atoms with Crippen molar-refractivity contribution in [2.45, 2.75) is 56.9 Å². The maximum absolute atomic E-state index is 14.6. The molecular formula is C23H31F2O4PS. The third-order valence-electron chi connectivity index (χ3n) is 6.11. The Kier molecular flexibility index (Phi) is 8.44. The summed E-state index contributed by atoms with van der Waals surface area (Å²) in [5.74, 6) is -0.863. The summed E-state index contributed by atoms with van der Waals surface area (Å²) in [5.41, 5.74) is 0. The van der Waals surface area contributed by atoms with Crippen molar-refractivity contribution in [2.24, 2.45) is 11.8 Å². The number of rotatable bonds is 10. The van der Waals surface area contributed by atoms with Gasteiger partial charge in [-0.3, -0.25) is 4.57 Å². The fourth-order valence-electron chi connectivity index (χ4n) is 4.44. The van der Waals surface area contributed by atoms with Gasteiger partial charge in [0, 0.05) is 24.1 Å². The van der Waals surface area contributed by atoms with Crippen molar-refractivity contribution in [2.75, 3.05) is 12.8 Å². The summed E-state index contributed by atoms with van der Waals surface area (Å²) in [6, 6.07) is 6.62. The van der Waals surface area contributed by atoms with Crippen LogP contribution in [-0.4, -0.2) is 40.2 Å². The van der Waals surface area contributed by atoms with E-state index in [1.807, 2.05) is 12.2 Å². The van der Waals surface area contributed by atoms with Gasteiger partial charge in [0.05, 0.1) is 16.9 Å². The highest BCUT2D eigenvalue weighted by atomic mass is 32.1. The number of alkyl halides is 1. The first-order valence-corrected chi connectivity index (χ1v) is 13.9. The van der Waals surface area contributed by atoms with Gasteiger partial charge in [-0.05, 0) is 61.5 Å². The first-order chi connectivity index (χ1) is 14.7. The zero-order chi connectivity index (χ0) is 22.6. The Morgan fingerprint density at radius 3 is 2.81 bits per heavy atom. The number of fused-ring (bicyclic) bond motifs is 1. The standard InChI is InChI=1S/C23H31F2O4PS/c1-30(28,29)12-5-3-2-4-8-17-16(19(25)14-21(17)27)10-11-20(26)22-13-15-7-6-9-18(24)23(15)31-22/h2,4,6-7,9,13,16-17,19-21,26-27H,3,5,8,10-12,14H2,1H3,(H,28,29)/b4-2-/t16-,17-,19+,20+,21+/m1/s1. The molecule has 0 radical (unpaired) electrons. The molecule has 4 nitrogen and oxygen atoms in total. The predicted molar refractivity (Wildman–Crippen MR) is 122 cm³/mol. The molecule has 0 spiro atoms. The molecule has 0 amide bonds. The minimum Gasteiger partial charge on any atom is -0.393 e. The van der Waals surface area contributed by atoms with Gasteiger partial charge in [-0.1, -0.05) is 24.3 Å². The van der Waals surface area contributed by atoms with Crippen LogP contribution >= 0.6 is 18.7 Å². The summed E-state index contributed by atoms with van der Waals surface area (Å²) in [6.07, 6.45) is 4.24. The number of halogens is 2. The van der Waals surface area contributed by atoms with Gasteiger partial charge in [-0.15, -0.1) is 11.3 Å². The number of aliphatic hydroxyl groups is 2. The molecule has 1 aliphatic carbocycles. The zero-order valence-electron chi connectivity index (χ0n) is 17.7. The molecule has 0 bridgehead atoms. The lowest BCUT2D eigenvalue weighted by Gasteiger charge is -2.22. The number of aliphatic hydroxyl groups excluding tert-OH is 2. The van der Waals surface area contributed by atoms with E-state index < -0.39 is 25.7 Å². The van der Waals surface area contributed by atoms with Crippen molar-refractivity contribution in [1.82, 2.24) is 0 Å². The Balaban J connectivity index is 1.54. The van der Waals surface area contributed by atoms with E-state index in [1.165, 1.54) is 24.1 Å². The molecule has 1 unspecified atom stereocenters. The lowest BCUT2D eigenvalue weighted by atomic mass is 9.86. The van der Waals surface area contributed by atoms with E-state index >= 15 is 0 Å². The van der Waals surface area contributed by atoms with Crippen molar-refractivity contribution in [3.05, 3.63) is 47.1 Å². The second-order valence-electron chi connectivity index (χ2n) is 8.67. The van der Waals surface area contributed by atoms with Crippen LogP contribution in [0.5, 0.6) is 0 Å². The van der Waals surface area contributed by atoms with E-state index in [1.54, 1.807) is 18.2 Å². The van der Waals surface area contributed by atoms with E-state index in [0.29, 0.717) is 41.7 Å². The third kappa shape index (κ3) is 6.69. The lowest BCUT2D eigenvalue weighted by molar-refractivity contribution is 0.105. The Morgan fingerprint density at radius 1 is 1.32 bits per heavy atom. The molecule has 1 saturated carbocycles. The van der Waals surface area contributed by atoms with Gasteiger partial charge in [0.15, 0.2) is 7.37 Å². The number of benzene rings is 1. The van der Waals surface area contributed by atoms with Gasteiger partial charge in [0.1, 0.15) is 12.0 Å². The van der Waals surface area contributed by atoms with Gasteiger partial charge in [-0.2, -0.15) is 0 Å². The van der Waals surface area contributed by atoms with Crippen molar-refractivity contribution in [3.8, 4) is 0 Å². The third-order valence-corrected chi connectivity index (χ3v) is 8.52. The fourth-order valence-corrected chi connectivity index (χ4v) is 6.29. The molecule has 0 saturated heterocycles. The summed E-state index contributed by atoms with van der Waals surface area (Å²) in [6.45, 7) is 1.35. The van der Waals surface area contributed by atoms with Gasteiger partial charge < -0.3 is 15.1 Å². The molecule has 1 heterocycles. The minimum atomic E-state index is -2.99. The van der Waals surface area contributed by atoms with E-state index in [2.05, 4.69) is 0 Å². The summed E-state index contributed by atoms with van der Waals surface area (Å²) < 4.78 is 40.3. The molecule has 2 aromatic rings. The topological polar surface area (TPSA) is 77.8 Å². The normalized spacial score (nSPS) is 27.2. The zero-order valence-corrected chi connectivity index (χ0v) is 19.4. The molecule has 1 aliphatic rings. The van der Waals surface area contributed by atoms with Crippen LogP contribution in [0.2, 0.25) is 0 Å². The molecule has 1 aromatic carbocycles. The molecule has 1 aromatic heterocycles. The molecule has 1 fully saturated rings. The van der Waals surface area contributed by atoms with Crippen molar-refractivity contribution < 1.29 is 28.5 Å². The molecule has 172 valence electrons. The Morgan fingerprint density at radius 2 is 2.10 bits per heavy atom. The minimum absolute atomic E-state index is 0.108. The fraction of sp³-hybridized carbons (Fsp3) is 0.565. The average molecular weight is 473 g/mol. The van der Waals surface area contributed by atoms with Crippen LogP contribution < -0.4 is 0 Å². The molecule has 0 aliphatic heterocycles. The smallest absolute Gasteiger partial charge is 0.197 e. The maximum Gasteiger partial charge on any atom is 0.197 e.